The number of esters is 1. The van der Waals surface area contributed by atoms with Crippen LogP contribution in [0.3, 0.4) is 0 Å². The van der Waals surface area contributed by atoms with Crippen LogP contribution in [0.5, 0.6) is 0 Å². The zero-order valence-corrected chi connectivity index (χ0v) is 16.4. The van der Waals surface area contributed by atoms with Gasteiger partial charge in [-0.15, -0.1) is 0 Å². The molecule has 31 heavy (non-hydrogen) atoms. The number of carbonyl (C=O) groups excluding carboxylic acids is 2. The molecule has 0 saturated carbocycles. The van der Waals surface area contributed by atoms with Crippen molar-refractivity contribution in [2.75, 3.05) is 13.7 Å². The monoisotopic (exact) mass is 426 g/mol. The lowest BCUT2D eigenvalue weighted by atomic mass is 10.2. The number of hydrogen-bond acceptors (Lipinski definition) is 9. The second-order valence-corrected chi connectivity index (χ2v) is 6.42. The molecule has 1 aliphatic rings. The van der Waals surface area contributed by atoms with E-state index in [9.17, 15) is 24.8 Å². The fourth-order valence-electron chi connectivity index (χ4n) is 2.78. The number of nitro groups is 1. The van der Waals surface area contributed by atoms with Crippen molar-refractivity contribution in [2.45, 2.75) is 12.6 Å². The third kappa shape index (κ3) is 5.28. The average molecular weight is 426 g/mol. The summed E-state index contributed by atoms with van der Waals surface area (Å²) in [4.78, 5) is 42.2. The molecule has 0 radical (unpaired) electrons. The van der Waals surface area contributed by atoms with Gasteiger partial charge in [0.15, 0.2) is 11.9 Å². The van der Waals surface area contributed by atoms with Gasteiger partial charge < -0.3 is 24.7 Å². The van der Waals surface area contributed by atoms with E-state index in [2.05, 4.69) is 9.98 Å². The van der Waals surface area contributed by atoms with Crippen LogP contribution in [0, 0.1) is 10.1 Å². The predicted octanol–water partition coefficient (Wildman–Crippen LogP) is 2.32. The maximum absolute atomic E-state index is 12.5. The third-order valence-corrected chi connectivity index (χ3v) is 4.26. The number of nitrogens with zero attached hydrogens (tertiary/aromatic N) is 4. The maximum Gasteiger partial charge on any atom is 0.434 e. The molecular formula is C20H18N4O7. The van der Waals surface area contributed by atoms with Crippen molar-refractivity contribution in [1.29, 1.82) is 0 Å². The number of imidazole rings is 1. The van der Waals surface area contributed by atoms with Crippen LogP contribution in [0.4, 0.5) is 11.6 Å². The van der Waals surface area contributed by atoms with E-state index in [0.717, 1.165) is 0 Å². The van der Waals surface area contributed by atoms with Crippen LogP contribution >= 0.6 is 0 Å². The zero-order chi connectivity index (χ0) is 22.4. The quantitative estimate of drug-likeness (QED) is 0.278. The maximum atomic E-state index is 12.5. The number of ketones is 1. The summed E-state index contributed by atoms with van der Waals surface area (Å²) in [6.07, 6.45) is 5.70. The molecule has 1 aromatic carbocycles. The van der Waals surface area contributed by atoms with Gasteiger partial charge in [0.1, 0.15) is 24.7 Å². The number of aliphatic imine (C=N–C) groups is 1. The second-order valence-electron chi connectivity index (χ2n) is 6.42. The standard InChI is InChI=1S/C20H18N4O7/c1-30-12-15(11-23-9-8-21-20(23)24(28)29)31-19(27)13-2-4-14(5-3-13)22-10-16-17(25)6-7-18(16)26/h2-10,15,25H,11-12H2,1H3/t15-/m0/s1. The van der Waals surface area contributed by atoms with Gasteiger partial charge in [0.25, 0.3) is 0 Å². The summed E-state index contributed by atoms with van der Waals surface area (Å²) in [6, 6.07) is 6.07. The van der Waals surface area contributed by atoms with E-state index in [4.69, 9.17) is 9.47 Å². The molecule has 0 aliphatic heterocycles. The molecule has 0 unspecified atom stereocenters. The lowest BCUT2D eigenvalue weighted by molar-refractivity contribution is -0.397. The number of hydrogen-bond donors (Lipinski definition) is 1. The number of aliphatic hydroxyl groups is 1. The minimum absolute atomic E-state index is 0.00105. The number of allylic oxidation sites excluding steroid dienone is 3. The lowest BCUT2D eigenvalue weighted by Gasteiger charge is -2.16. The largest absolute Gasteiger partial charge is 0.507 e. The highest BCUT2D eigenvalue weighted by molar-refractivity contribution is 6.21. The molecule has 11 nitrogen and oxygen atoms in total. The molecular weight excluding hydrogens is 408 g/mol. The van der Waals surface area contributed by atoms with Crippen LogP contribution in [0.15, 0.2) is 65.1 Å². The van der Waals surface area contributed by atoms with Crippen molar-refractivity contribution >= 4 is 29.6 Å². The van der Waals surface area contributed by atoms with Gasteiger partial charge >= 0.3 is 11.9 Å². The zero-order valence-electron chi connectivity index (χ0n) is 16.4. The lowest BCUT2D eigenvalue weighted by Crippen LogP contribution is -2.28. The van der Waals surface area contributed by atoms with Crippen LogP contribution < -0.4 is 0 Å². The van der Waals surface area contributed by atoms with E-state index >= 15 is 0 Å². The Morgan fingerprint density at radius 2 is 2.10 bits per heavy atom. The van der Waals surface area contributed by atoms with Gasteiger partial charge in [-0.3, -0.25) is 9.79 Å². The molecule has 11 heteroatoms. The summed E-state index contributed by atoms with van der Waals surface area (Å²) in [6.45, 7) is 0.0308. The van der Waals surface area contributed by atoms with Crippen molar-refractivity contribution in [1.82, 2.24) is 9.55 Å². The Bertz CT molecular complexity index is 1080. The molecule has 1 N–H and O–H groups in total. The van der Waals surface area contributed by atoms with Crippen molar-refractivity contribution in [2.24, 2.45) is 4.99 Å². The Labute approximate surface area is 176 Å². The summed E-state index contributed by atoms with van der Waals surface area (Å²) in [5, 5.41) is 20.6. The fraction of sp³-hybridized carbons (Fsp3) is 0.200. The number of aliphatic hydroxyl groups excluding tert-OH is 1. The Morgan fingerprint density at radius 1 is 1.35 bits per heavy atom. The van der Waals surface area contributed by atoms with Crippen LogP contribution in [-0.2, 0) is 20.8 Å². The minimum atomic E-state index is -0.779. The van der Waals surface area contributed by atoms with E-state index in [1.54, 1.807) is 12.1 Å². The number of aromatic nitrogens is 2. The van der Waals surface area contributed by atoms with Gasteiger partial charge in [0, 0.05) is 13.3 Å². The summed E-state index contributed by atoms with van der Waals surface area (Å²) in [5.74, 6) is -1.51. The van der Waals surface area contributed by atoms with Crippen LogP contribution in [0.2, 0.25) is 0 Å². The van der Waals surface area contributed by atoms with Crippen molar-refractivity contribution in [3.63, 3.8) is 0 Å². The molecule has 160 valence electrons. The van der Waals surface area contributed by atoms with Gasteiger partial charge in [0.05, 0.1) is 23.4 Å². The van der Waals surface area contributed by atoms with E-state index in [0.29, 0.717) is 5.69 Å². The summed E-state index contributed by atoms with van der Waals surface area (Å²) in [7, 11) is 1.42. The number of rotatable bonds is 9. The molecule has 1 heterocycles. The molecule has 0 fully saturated rings. The van der Waals surface area contributed by atoms with E-state index in [1.807, 2.05) is 0 Å². The Hall–Kier alpha value is -4.12. The Kier molecular flexibility index (Phi) is 6.67. The Balaban J connectivity index is 1.65. The second kappa shape index (κ2) is 9.59. The first-order chi connectivity index (χ1) is 14.9. The smallest absolute Gasteiger partial charge is 0.434 e. The van der Waals surface area contributed by atoms with Crippen molar-refractivity contribution in [3.8, 4) is 0 Å². The molecule has 0 amide bonds. The minimum Gasteiger partial charge on any atom is -0.507 e. The van der Waals surface area contributed by atoms with Crippen molar-refractivity contribution < 1.29 is 29.1 Å². The van der Waals surface area contributed by atoms with Gasteiger partial charge in [-0.25, -0.2) is 9.36 Å². The van der Waals surface area contributed by atoms with Gasteiger partial charge in [-0.1, -0.05) is 4.98 Å². The number of carbonyl (C=O) groups is 2. The van der Waals surface area contributed by atoms with Gasteiger partial charge in [-0.05, 0) is 41.3 Å². The highest BCUT2D eigenvalue weighted by Crippen LogP contribution is 2.17. The molecule has 1 aromatic heterocycles. The summed E-state index contributed by atoms with van der Waals surface area (Å²) in [5.41, 5.74) is 0.777. The molecule has 3 rings (SSSR count). The molecule has 1 atom stereocenters. The van der Waals surface area contributed by atoms with E-state index in [-0.39, 0.29) is 41.8 Å². The molecule has 2 aromatic rings. The van der Waals surface area contributed by atoms with Crippen LogP contribution in [0.25, 0.3) is 0 Å². The van der Waals surface area contributed by atoms with Gasteiger partial charge in [-0.2, -0.15) is 0 Å². The highest BCUT2D eigenvalue weighted by Gasteiger charge is 2.22. The molecule has 1 aliphatic carbocycles. The molecule has 0 saturated heterocycles. The number of benzene rings is 1. The summed E-state index contributed by atoms with van der Waals surface area (Å²) < 4.78 is 11.7. The van der Waals surface area contributed by atoms with E-state index < -0.39 is 17.0 Å². The first-order valence-electron chi connectivity index (χ1n) is 9.04. The molecule has 0 bridgehead atoms. The normalized spacial score (nSPS) is 14.4. The summed E-state index contributed by atoms with van der Waals surface area (Å²) >= 11 is 0. The van der Waals surface area contributed by atoms with Crippen molar-refractivity contribution in [3.05, 3.63) is 75.8 Å². The average Bonchev–Trinajstić information content (AvgIpc) is 3.33. The van der Waals surface area contributed by atoms with Crippen LogP contribution in [0.1, 0.15) is 10.4 Å². The fourth-order valence-corrected chi connectivity index (χ4v) is 2.78. The Morgan fingerprint density at radius 3 is 2.71 bits per heavy atom. The van der Waals surface area contributed by atoms with E-state index in [1.165, 1.54) is 54.6 Å². The van der Waals surface area contributed by atoms with Crippen LogP contribution in [-0.4, -0.2) is 57.4 Å². The topological polar surface area (TPSA) is 146 Å². The van der Waals surface area contributed by atoms with Gasteiger partial charge in [0.2, 0.25) is 0 Å². The number of methoxy groups -OCH3 is 1. The highest BCUT2D eigenvalue weighted by atomic mass is 16.6. The third-order valence-electron chi connectivity index (χ3n) is 4.26. The number of ether oxygens (including phenoxy) is 2. The first kappa shape index (κ1) is 21.6. The SMILES string of the molecule is COC[C@H](Cn1ccnc1[N+](=O)[O-])OC(=O)c1ccc(N=CC2=C(O)C=CC2=O)cc1. The molecule has 0 spiro atoms. The predicted molar refractivity (Wildman–Crippen MR) is 108 cm³/mol. The first-order valence-corrected chi connectivity index (χ1v) is 9.04.